The van der Waals surface area contributed by atoms with Gasteiger partial charge in [0.15, 0.2) is 0 Å². The van der Waals surface area contributed by atoms with Gasteiger partial charge in [0.25, 0.3) is 0 Å². The zero-order valence-corrected chi connectivity index (χ0v) is 11.2. The highest BCUT2D eigenvalue weighted by Gasteiger charge is 2.06. The number of nitrogens with one attached hydrogen (secondary N) is 1. The highest BCUT2D eigenvalue weighted by Crippen LogP contribution is 2.27. The third kappa shape index (κ3) is 2.16. The largest absolute Gasteiger partial charge is 0.325 e. The fourth-order valence-electron chi connectivity index (χ4n) is 1.58. The minimum atomic E-state index is -0.0580. The fraction of sp³-hybridized carbons (Fsp3) is 0.167. The van der Waals surface area contributed by atoms with E-state index in [1.807, 2.05) is 31.3 Å². The average Bonchev–Trinajstić information content (AvgIpc) is 2.22. The van der Waals surface area contributed by atoms with E-state index in [4.69, 9.17) is 0 Å². The van der Waals surface area contributed by atoms with Gasteiger partial charge in [-0.2, -0.15) is 0 Å². The number of carbonyl (C=O) groups is 1. The van der Waals surface area contributed by atoms with Crippen LogP contribution in [0.4, 0.5) is 5.69 Å². The van der Waals surface area contributed by atoms with Gasteiger partial charge in [-0.3, -0.25) is 9.78 Å². The van der Waals surface area contributed by atoms with Crippen molar-refractivity contribution in [3.63, 3.8) is 0 Å². The summed E-state index contributed by atoms with van der Waals surface area (Å²) < 4.78 is 1.03. The van der Waals surface area contributed by atoms with Crippen molar-refractivity contribution in [3.05, 3.63) is 33.7 Å². The number of amides is 1. The highest BCUT2D eigenvalue weighted by molar-refractivity contribution is 14.1. The van der Waals surface area contributed by atoms with Crippen molar-refractivity contribution in [1.29, 1.82) is 0 Å². The lowest BCUT2D eigenvalue weighted by Gasteiger charge is -2.08. The average molecular weight is 326 g/mol. The van der Waals surface area contributed by atoms with Crippen LogP contribution in [0.25, 0.3) is 10.8 Å². The number of benzene rings is 1. The number of carbonyl (C=O) groups excluding carboxylic acids is 1. The number of nitrogens with zero attached hydrogens (tertiary/aromatic N) is 1. The van der Waals surface area contributed by atoms with Crippen LogP contribution >= 0.6 is 22.6 Å². The van der Waals surface area contributed by atoms with Crippen LogP contribution in [0.1, 0.15) is 12.6 Å². The van der Waals surface area contributed by atoms with E-state index in [-0.39, 0.29) is 5.91 Å². The van der Waals surface area contributed by atoms with Gasteiger partial charge in [0, 0.05) is 27.8 Å². The normalized spacial score (nSPS) is 10.4. The molecule has 0 saturated heterocycles. The third-order valence-electron chi connectivity index (χ3n) is 2.29. The zero-order chi connectivity index (χ0) is 11.7. The number of rotatable bonds is 1. The molecule has 1 amide bonds. The molecule has 16 heavy (non-hydrogen) atoms. The smallest absolute Gasteiger partial charge is 0.221 e. The van der Waals surface area contributed by atoms with Gasteiger partial charge in [-0.15, -0.1) is 0 Å². The first-order valence-electron chi connectivity index (χ1n) is 4.90. The van der Waals surface area contributed by atoms with Crippen LogP contribution < -0.4 is 5.32 Å². The second kappa shape index (κ2) is 4.37. The van der Waals surface area contributed by atoms with Gasteiger partial charge in [0.05, 0.1) is 5.69 Å². The van der Waals surface area contributed by atoms with E-state index in [1.165, 1.54) is 6.92 Å². The lowest BCUT2D eigenvalue weighted by molar-refractivity contribution is -0.114. The van der Waals surface area contributed by atoms with Gasteiger partial charge in [-0.25, -0.2) is 0 Å². The Bertz CT molecular complexity index is 566. The second-order valence-electron chi connectivity index (χ2n) is 3.66. The minimum absolute atomic E-state index is 0.0580. The van der Waals surface area contributed by atoms with Crippen LogP contribution in [-0.2, 0) is 4.79 Å². The topological polar surface area (TPSA) is 42.0 Å². The summed E-state index contributed by atoms with van der Waals surface area (Å²) in [5.74, 6) is -0.0580. The molecule has 1 aromatic carbocycles. The summed E-state index contributed by atoms with van der Waals surface area (Å²) in [6.07, 6.45) is 1.84. The highest BCUT2D eigenvalue weighted by atomic mass is 127. The Morgan fingerprint density at radius 1 is 1.44 bits per heavy atom. The Morgan fingerprint density at radius 2 is 2.19 bits per heavy atom. The molecule has 2 aromatic rings. The van der Waals surface area contributed by atoms with Gasteiger partial charge in [0.1, 0.15) is 0 Å². The first-order chi connectivity index (χ1) is 7.58. The van der Waals surface area contributed by atoms with Crippen molar-refractivity contribution in [1.82, 2.24) is 4.98 Å². The SMILES string of the molecule is CC(=O)Nc1ccc2cc(C)ncc2c1I. The van der Waals surface area contributed by atoms with Crippen LogP contribution in [0.15, 0.2) is 24.4 Å². The van der Waals surface area contributed by atoms with Crippen LogP contribution in [0.2, 0.25) is 0 Å². The number of halogens is 1. The van der Waals surface area contributed by atoms with E-state index in [9.17, 15) is 4.79 Å². The van der Waals surface area contributed by atoms with E-state index in [2.05, 4.69) is 32.9 Å². The summed E-state index contributed by atoms with van der Waals surface area (Å²) in [5, 5.41) is 5.02. The van der Waals surface area contributed by atoms with Crippen LogP contribution in [0.3, 0.4) is 0 Å². The van der Waals surface area contributed by atoms with Crippen LogP contribution in [-0.4, -0.2) is 10.9 Å². The summed E-state index contributed by atoms with van der Waals surface area (Å²) in [7, 11) is 0. The monoisotopic (exact) mass is 326 g/mol. The Morgan fingerprint density at radius 3 is 2.88 bits per heavy atom. The second-order valence-corrected chi connectivity index (χ2v) is 4.73. The van der Waals surface area contributed by atoms with Crippen LogP contribution in [0, 0.1) is 10.5 Å². The van der Waals surface area contributed by atoms with Gasteiger partial charge >= 0.3 is 0 Å². The molecule has 0 radical (unpaired) electrons. The molecule has 0 atom stereocenters. The summed E-state index contributed by atoms with van der Waals surface area (Å²) in [6.45, 7) is 3.47. The predicted molar refractivity (Wildman–Crippen MR) is 73.5 cm³/mol. The molecule has 4 heteroatoms. The molecule has 0 aliphatic heterocycles. The molecule has 0 bridgehead atoms. The molecule has 82 valence electrons. The van der Waals surface area contributed by atoms with Crippen molar-refractivity contribution < 1.29 is 4.79 Å². The molecule has 3 nitrogen and oxygen atoms in total. The van der Waals surface area contributed by atoms with Crippen molar-refractivity contribution in [2.75, 3.05) is 5.32 Å². The standard InChI is InChI=1S/C12H11IN2O/c1-7-5-9-3-4-11(15-8(2)16)12(13)10(9)6-14-7/h3-6H,1-2H3,(H,15,16). The number of hydrogen-bond acceptors (Lipinski definition) is 2. The molecular formula is C12H11IN2O. The van der Waals surface area contributed by atoms with Crippen molar-refractivity contribution in [3.8, 4) is 0 Å². The van der Waals surface area contributed by atoms with Gasteiger partial charge in [-0.05, 0) is 47.0 Å². The quantitative estimate of drug-likeness (QED) is 0.818. The summed E-state index contributed by atoms with van der Waals surface area (Å²) in [6, 6.07) is 5.96. The first kappa shape index (κ1) is 11.3. The summed E-state index contributed by atoms with van der Waals surface area (Å²) in [5.41, 5.74) is 1.84. The van der Waals surface area contributed by atoms with Gasteiger partial charge in [-0.1, -0.05) is 6.07 Å². The molecule has 1 aromatic heterocycles. The Labute approximate surface area is 107 Å². The Balaban J connectivity index is 2.60. The van der Waals surface area contributed by atoms with E-state index in [0.717, 1.165) is 25.7 Å². The Hall–Kier alpha value is -1.17. The molecule has 0 aliphatic carbocycles. The van der Waals surface area contributed by atoms with Gasteiger partial charge < -0.3 is 5.32 Å². The number of pyridine rings is 1. The molecule has 1 N–H and O–H groups in total. The maximum atomic E-state index is 11.0. The number of hydrogen-bond donors (Lipinski definition) is 1. The molecule has 0 aliphatic rings. The minimum Gasteiger partial charge on any atom is -0.325 e. The summed E-state index contributed by atoms with van der Waals surface area (Å²) in [4.78, 5) is 15.3. The molecular weight excluding hydrogens is 315 g/mol. The van der Waals surface area contributed by atoms with E-state index in [0.29, 0.717) is 0 Å². The van der Waals surface area contributed by atoms with E-state index in [1.54, 1.807) is 0 Å². The number of anilines is 1. The molecule has 0 unspecified atom stereocenters. The maximum absolute atomic E-state index is 11.0. The molecule has 2 rings (SSSR count). The number of fused-ring (bicyclic) bond motifs is 1. The Kier molecular flexibility index (Phi) is 3.09. The predicted octanol–water partition coefficient (Wildman–Crippen LogP) is 3.11. The lowest BCUT2D eigenvalue weighted by atomic mass is 10.1. The first-order valence-corrected chi connectivity index (χ1v) is 5.98. The molecule has 0 spiro atoms. The molecule has 0 saturated carbocycles. The van der Waals surface area contributed by atoms with Crippen molar-refractivity contribution in [2.45, 2.75) is 13.8 Å². The molecule has 1 heterocycles. The van der Waals surface area contributed by atoms with Crippen LogP contribution in [0.5, 0.6) is 0 Å². The van der Waals surface area contributed by atoms with Gasteiger partial charge in [0.2, 0.25) is 5.91 Å². The van der Waals surface area contributed by atoms with E-state index >= 15 is 0 Å². The van der Waals surface area contributed by atoms with Crippen molar-refractivity contribution >= 4 is 45.0 Å². The molecule has 0 fully saturated rings. The third-order valence-corrected chi connectivity index (χ3v) is 3.45. The zero-order valence-electron chi connectivity index (χ0n) is 9.04. The fourth-order valence-corrected chi connectivity index (χ4v) is 2.35. The number of aromatic nitrogens is 1. The lowest BCUT2D eigenvalue weighted by Crippen LogP contribution is -2.07. The van der Waals surface area contributed by atoms with E-state index < -0.39 is 0 Å². The number of aryl methyl sites for hydroxylation is 1. The maximum Gasteiger partial charge on any atom is 0.221 e. The van der Waals surface area contributed by atoms with Crippen molar-refractivity contribution in [2.24, 2.45) is 0 Å². The summed E-state index contributed by atoms with van der Waals surface area (Å²) >= 11 is 2.23.